The zero-order chi connectivity index (χ0) is 10.9. The molecule has 78 valence electrons. The summed E-state index contributed by atoms with van der Waals surface area (Å²) in [7, 11) is -0.950. The fourth-order valence-corrected chi connectivity index (χ4v) is 2.02. The molecule has 0 fully saturated rings. The van der Waals surface area contributed by atoms with Crippen molar-refractivity contribution in [1.29, 1.82) is 0 Å². The molecule has 4 heteroatoms. The van der Waals surface area contributed by atoms with E-state index in [-0.39, 0.29) is 5.56 Å². The Labute approximate surface area is 84.6 Å². The van der Waals surface area contributed by atoms with E-state index >= 15 is 0 Å². The largest absolute Gasteiger partial charge is 0.366 e. The summed E-state index contributed by atoms with van der Waals surface area (Å²) in [4.78, 5) is 11.9. The van der Waals surface area contributed by atoms with Gasteiger partial charge in [-0.1, -0.05) is 0 Å². The Balaban J connectivity index is 3.27. The number of amides is 1. The fraction of sp³-hybridized carbons (Fsp3) is 0.300. The van der Waals surface area contributed by atoms with Crippen LogP contribution in [0.1, 0.15) is 10.4 Å². The summed E-state index contributed by atoms with van der Waals surface area (Å²) < 4.78 is 13.1. The Hall–Kier alpha value is -1.03. The van der Waals surface area contributed by atoms with Crippen LogP contribution in [-0.2, 0) is 0 Å². The van der Waals surface area contributed by atoms with Crippen LogP contribution in [0.15, 0.2) is 23.1 Å². The van der Waals surface area contributed by atoms with Crippen LogP contribution in [0.25, 0.3) is 0 Å². The lowest BCUT2D eigenvalue weighted by Gasteiger charge is -2.26. The van der Waals surface area contributed by atoms with E-state index in [0.717, 1.165) is 4.90 Å². The second kappa shape index (κ2) is 3.61. The van der Waals surface area contributed by atoms with Crippen molar-refractivity contribution in [2.24, 2.45) is 5.73 Å². The summed E-state index contributed by atoms with van der Waals surface area (Å²) in [6.07, 6.45) is 6.22. The summed E-state index contributed by atoms with van der Waals surface area (Å²) in [5.41, 5.74) is 5.03. The molecule has 2 N–H and O–H groups in total. The molecule has 0 aromatic heterocycles. The molecule has 0 heterocycles. The van der Waals surface area contributed by atoms with Crippen molar-refractivity contribution < 1.29 is 9.18 Å². The molecule has 0 aliphatic heterocycles. The third-order valence-electron chi connectivity index (χ3n) is 1.91. The summed E-state index contributed by atoms with van der Waals surface area (Å²) in [5, 5.41) is 0. The SMILES string of the molecule is CS(C)(C)c1ccc(F)c(C(N)=O)c1. The molecule has 0 saturated carbocycles. The molecule has 0 atom stereocenters. The second-order valence-electron chi connectivity index (χ2n) is 3.84. The zero-order valence-electron chi connectivity index (χ0n) is 8.50. The molecule has 1 aromatic rings. The molecule has 1 aromatic carbocycles. The third kappa shape index (κ3) is 2.26. The molecule has 1 rings (SSSR count). The number of carbonyl (C=O) groups is 1. The lowest BCUT2D eigenvalue weighted by atomic mass is 10.2. The molecular weight excluding hydrogens is 201 g/mol. The summed E-state index contributed by atoms with van der Waals surface area (Å²) in [5.74, 6) is -1.27. The van der Waals surface area contributed by atoms with Crippen molar-refractivity contribution >= 4 is 15.9 Å². The molecular formula is C10H14FNOS. The van der Waals surface area contributed by atoms with E-state index in [1.165, 1.54) is 6.07 Å². The first-order chi connectivity index (χ1) is 6.32. The molecule has 0 aliphatic carbocycles. The number of benzene rings is 1. The highest BCUT2D eigenvalue weighted by atomic mass is 32.3. The Morgan fingerprint density at radius 1 is 1.36 bits per heavy atom. The van der Waals surface area contributed by atoms with Crippen LogP contribution in [0.5, 0.6) is 0 Å². The first-order valence-electron chi connectivity index (χ1n) is 4.10. The van der Waals surface area contributed by atoms with Crippen molar-refractivity contribution in [3.63, 3.8) is 0 Å². The van der Waals surface area contributed by atoms with Crippen LogP contribution in [0.2, 0.25) is 0 Å². The van der Waals surface area contributed by atoms with Gasteiger partial charge in [0.05, 0.1) is 5.56 Å². The van der Waals surface area contributed by atoms with Crippen LogP contribution in [0.3, 0.4) is 0 Å². The van der Waals surface area contributed by atoms with Crippen LogP contribution in [-0.4, -0.2) is 24.7 Å². The van der Waals surface area contributed by atoms with E-state index < -0.39 is 21.8 Å². The van der Waals surface area contributed by atoms with Gasteiger partial charge in [-0.15, -0.1) is 0 Å². The first kappa shape index (κ1) is 11.0. The Bertz CT molecular complexity index is 371. The monoisotopic (exact) mass is 215 g/mol. The second-order valence-corrected chi connectivity index (χ2v) is 7.99. The van der Waals surface area contributed by atoms with Crippen LogP contribution < -0.4 is 5.73 Å². The molecule has 0 bridgehead atoms. The summed E-state index contributed by atoms with van der Waals surface area (Å²) in [6, 6.07) is 4.55. The Kier molecular flexibility index (Phi) is 2.85. The lowest BCUT2D eigenvalue weighted by molar-refractivity contribution is 0.0996. The highest BCUT2D eigenvalue weighted by Crippen LogP contribution is 2.45. The number of rotatable bonds is 2. The summed E-state index contributed by atoms with van der Waals surface area (Å²) >= 11 is 0. The van der Waals surface area contributed by atoms with Crippen molar-refractivity contribution in [3.8, 4) is 0 Å². The normalized spacial score (nSPS) is 12.6. The van der Waals surface area contributed by atoms with Crippen LogP contribution >= 0.6 is 10.0 Å². The third-order valence-corrected chi connectivity index (χ3v) is 3.58. The average Bonchev–Trinajstić information content (AvgIpc) is 2.02. The van der Waals surface area contributed by atoms with Crippen LogP contribution in [0.4, 0.5) is 4.39 Å². The molecule has 0 unspecified atom stereocenters. The van der Waals surface area contributed by atoms with Gasteiger partial charge in [-0.05, 0) is 41.9 Å². The minimum atomic E-state index is -0.950. The van der Waals surface area contributed by atoms with E-state index in [1.807, 2.05) is 0 Å². The number of hydrogen-bond donors (Lipinski definition) is 1. The molecule has 14 heavy (non-hydrogen) atoms. The predicted octanol–water partition coefficient (Wildman–Crippen LogP) is 1.98. The molecule has 0 radical (unpaired) electrons. The van der Waals surface area contributed by atoms with Gasteiger partial charge in [-0.2, -0.15) is 0 Å². The minimum Gasteiger partial charge on any atom is -0.366 e. The predicted molar refractivity (Wildman–Crippen MR) is 58.5 cm³/mol. The molecule has 0 spiro atoms. The van der Waals surface area contributed by atoms with Crippen LogP contribution in [0, 0.1) is 5.82 Å². The van der Waals surface area contributed by atoms with Crippen molar-refractivity contribution in [3.05, 3.63) is 29.6 Å². The molecule has 0 saturated heterocycles. The van der Waals surface area contributed by atoms with E-state index in [2.05, 4.69) is 18.8 Å². The van der Waals surface area contributed by atoms with Crippen molar-refractivity contribution in [2.45, 2.75) is 4.90 Å². The Morgan fingerprint density at radius 3 is 2.36 bits per heavy atom. The maximum Gasteiger partial charge on any atom is 0.251 e. The van der Waals surface area contributed by atoms with Gasteiger partial charge in [0.15, 0.2) is 0 Å². The quantitative estimate of drug-likeness (QED) is 0.805. The van der Waals surface area contributed by atoms with Gasteiger partial charge >= 0.3 is 0 Å². The first-order valence-corrected chi connectivity index (χ1v) is 6.96. The Morgan fingerprint density at radius 2 is 1.93 bits per heavy atom. The number of hydrogen-bond acceptors (Lipinski definition) is 1. The maximum atomic E-state index is 13.1. The standard InChI is InChI=1S/C10H14FNOS/c1-14(2,3)7-4-5-9(11)8(6-7)10(12)13/h4-6H,1-3H3,(H2,12,13). The minimum absolute atomic E-state index is 0.0232. The number of nitrogens with two attached hydrogens (primary N) is 1. The van der Waals surface area contributed by atoms with Gasteiger partial charge in [0.2, 0.25) is 0 Å². The van der Waals surface area contributed by atoms with E-state index in [9.17, 15) is 9.18 Å². The molecule has 1 amide bonds. The smallest absolute Gasteiger partial charge is 0.251 e. The van der Waals surface area contributed by atoms with E-state index in [0.29, 0.717) is 0 Å². The van der Waals surface area contributed by atoms with Gasteiger partial charge in [0, 0.05) is 0 Å². The topological polar surface area (TPSA) is 43.1 Å². The summed E-state index contributed by atoms with van der Waals surface area (Å²) in [6.45, 7) is 0. The molecule has 2 nitrogen and oxygen atoms in total. The van der Waals surface area contributed by atoms with Crippen molar-refractivity contribution in [1.82, 2.24) is 0 Å². The number of primary amides is 1. The van der Waals surface area contributed by atoms with Gasteiger partial charge in [-0.25, -0.2) is 14.4 Å². The van der Waals surface area contributed by atoms with Gasteiger partial charge in [0.25, 0.3) is 5.91 Å². The van der Waals surface area contributed by atoms with E-state index in [1.54, 1.807) is 12.1 Å². The maximum absolute atomic E-state index is 13.1. The van der Waals surface area contributed by atoms with Gasteiger partial charge in [0.1, 0.15) is 5.82 Å². The highest BCUT2D eigenvalue weighted by molar-refractivity contribution is 8.32. The number of carbonyl (C=O) groups excluding carboxylic acids is 1. The zero-order valence-corrected chi connectivity index (χ0v) is 9.32. The highest BCUT2D eigenvalue weighted by Gasteiger charge is 2.13. The lowest BCUT2D eigenvalue weighted by Crippen LogP contribution is -2.13. The average molecular weight is 215 g/mol. The fourth-order valence-electron chi connectivity index (χ4n) is 1.07. The van der Waals surface area contributed by atoms with Gasteiger partial charge < -0.3 is 5.73 Å². The number of halogens is 1. The van der Waals surface area contributed by atoms with Gasteiger partial charge in [-0.3, -0.25) is 4.79 Å². The van der Waals surface area contributed by atoms with Crippen molar-refractivity contribution in [2.75, 3.05) is 18.8 Å². The van der Waals surface area contributed by atoms with E-state index in [4.69, 9.17) is 5.73 Å². The molecule has 0 aliphatic rings.